The molecule has 1 saturated heterocycles. The molecule has 6 rings (SSSR count). The van der Waals surface area contributed by atoms with Crippen molar-refractivity contribution in [3.63, 3.8) is 0 Å². The minimum Gasteiger partial charge on any atom is -0.494 e. The number of fused-ring (bicyclic) bond motifs is 3. The highest BCUT2D eigenvalue weighted by molar-refractivity contribution is 7.22. The number of nitrogens with zero attached hydrogens (tertiary/aromatic N) is 4. The summed E-state index contributed by atoms with van der Waals surface area (Å²) in [7, 11) is 1.53. The van der Waals surface area contributed by atoms with Crippen LogP contribution in [0, 0.1) is 0 Å². The first-order valence-corrected chi connectivity index (χ1v) is 13.1. The molecule has 1 fully saturated rings. The maximum atomic E-state index is 13.9. The van der Waals surface area contributed by atoms with Crippen LogP contribution in [0.5, 0.6) is 5.75 Å². The second-order valence-electron chi connectivity index (χ2n) is 9.01. The van der Waals surface area contributed by atoms with Crippen molar-refractivity contribution in [2.75, 3.05) is 38.2 Å². The number of carbonyl (C=O) groups is 1. The molecule has 0 N–H and O–H groups in total. The molecule has 1 amide bonds. The lowest BCUT2D eigenvalue weighted by atomic mass is 10.1. The maximum absolute atomic E-state index is 13.9. The van der Waals surface area contributed by atoms with E-state index in [1.165, 1.54) is 18.4 Å². The van der Waals surface area contributed by atoms with Crippen molar-refractivity contribution in [3.8, 4) is 5.75 Å². The zero-order valence-corrected chi connectivity index (χ0v) is 21.3. The molecule has 0 bridgehead atoms. The van der Waals surface area contributed by atoms with Crippen LogP contribution in [0.2, 0.25) is 0 Å². The van der Waals surface area contributed by atoms with Gasteiger partial charge in [-0.1, -0.05) is 49.9 Å². The Bertz CT molecular complexity index is 1640. The van der Waals surface area contributed by atoms with Gasteiger partial charge < -0.3 is 19.1 Å². The number of hydrogen-bond donors (Lipinski definition) is 0. The van der Waals surface area contributed by atoms with Gasteiger partial charge in [-0.3, -0.25) is 14.6 Å². The lowest BCUT2D eigenvalue weighted by Gasteiger charge is -2.36. The number of para-hydroxylation sites is 2. The Morgan fingerprint density at radius 1 is 0.947 bits per heavy atom. The van der Waals surface area contributed by atoms with Gasteiger partial charge in [-0.25, -0.2) is 0 Å². The molecular formula is C30H30N4O3S. The molecule has 0 unspecified atom stereocenters. The van der Waals surface area contributed by atoms with Gasteiger partial charge in [0.1, 0.15) is 10.3 Å². The summed E-state index contributed by atoms with van der Waals surface area (Å²) >= 11 is 1.35. The van der Waals surface area contributed by atoms with Crippen molar-refractivity contribution in [1.82, 2.24) is 14.5 Å². The fourth-order valence-electron chi connectivity index (χ4n) is 5.04. The van der Waals surface area contributed by atoms with Gasteiger partial charge in [-0.15, -0.1) is 11.3 Å². The Morgan fingerprint density at radius 2 is 1.66 bits per heavy atom. The van der Waals surface area contributed by atoms with Crippen molar-refractivity contribution in [2.24, 2.45) is 0 Å². The van der Waals surface area contributed by atoms with Gasteiger partial charge in [0, 0.05) is 43.4 Å². The number of piperazine rings is 1. The average Bonchev–Trinajstić information content (AvgIpc) is 3.36. The summed E-state index contributed by atoms with van der Waals surface area (Å²) in [6.45, 7) is 3.05. The fourth-order valence-corrected chi connectivity index (χ4v) is 6.30. The van der Waals surface area contributed by atoms with Crippen LogP contribution in [0.4, 0.5) is 5.69 Å². The van der Waals surface area contributed by atoms with Gasteiger partial charge in [0.2, 0.25) is 0 Å². The number of anilines is 1. The molecule has 8 heteroatoms. The van der Waals surface area contributed by atoms with Crippen LogP contribution < -0.4 is 15.2 Å². The smallest absolute Gasteiger partial charge is 0.267 e. The lowest BCUT2D eigenvalue weighted by molar-refractivity contribution is 0.0749. The van der Waals surface area contributed by atoms with E-state index in [2.05, 4.69) is 22.0 Å². The first kappa shape index (κ1) is 25.5. The Morgan fingerprint density at radius 3 is 2.37 bits per heavy atom. The number of hydrogen-bond acceptors (Lipinski definition) is 6. The highest BCUT2D eigenvalue weighted by Gasteiger charge is 2.29. The summed E-state index contributed by atoms with van der Waals surface area (Å²) in [6, 6.07) is 23.7. The number of amides is 1. The minimum atomic E-state index is -0.180. The topological polar surface area (TPSA) is 67.7 Å². The Hall–Kier alpha value is -4.17. The molecule has 3 aromatic heterocycles. The number of pyridine rings is 2. The van der Waals surface area contributed by atoms with E-state index < -0.39 is 0 Å². The Balaban J connectivity index is 0.00000294. The number of methoxy groups -OCH3 is 1. The molecular weight excluding hydrogens is 496 g/mol. The first-order valence-electron chi connectivity index (χ1n) is 12.3. The molecule has 0 radical (unpaired) electrons. The number of thiophene rings is 1. The summed E-state index contributed by atoms with van der Waals surface area (Å²) < 4.78 is 8.26. The van der Waals surface area contributed by atoms with Gasteiger partial charge in [-0.2, -0.15) is 0 Å². The minimum absolute atomic E-state index is 0. The predicted molar refractivity (Wildman–Crippen MR) is 155 cm³/mol. The molecule has 1 aliphatic rings. The molecule has 1 aliphatic heterocycles. The van der Waals surface area contributed by atoms with Crippen LogP contribution in [0.3, 0.4) is 0 Å². The van der Waals surface area contributed by atoms with Crippen LogP contribution in [-0.2, 0) is 6.54 Å². The average molecular weight is 527 g/mol. The van der Waals surface area contributed by atoms with Crippen LogP contribution in [-0.4, -0.2) is 53.6 Å². The summed E-state index contributed by atoms with van der Waals surface area (Å²) in [4.78, 5) is 36.6. The number of carbonyl (C=O) groups excluding carboxylic acids is 1. The molecule has 5 aromatic rings. The second-order valence-corrected chi connectivity index (χ2v) is 10.0. The van der Waals surface area contributed by atoms with Crippen molar-refractivity contribution in [2.45, 2.75) is 14.0 Å². The Labute approximate surface area is 225 Å². The van der Waals surface area contributed by atoms with E-state index in [0.717, 1.165) is 40.1 Å². The largest absolute Gasteiger partial charge is 0.494 e. The van der Waals surface area contributed by atoms with Gasteiger partial charge in [-0.05, 0) is 30.3 Å². The summed E-state index contributed by atoms with van der Waals surface area (Å²) in [6.07, 6.45) is 1.72. The molecule has 4 heterocycles. The van der Waals surface area contributed by atoms with E-state index in [1.807, 2.05) is 65.6 Å². The molecule has 0 saturated carbocycles. The SMILES string of the molecule is C.COc1c(C(=O)N2CCN(c3ccccc3)CC2)sc2c1c(=O)n(Cc1ccccn1)c1ccccc21. The van der Waals surface area contributed by atoms with Crippen LogP contribution >= 0.6 is 11.3 Å². The molecule has 0 atom stereocenters. The zero-order valence-electron chi connectivity index (χ0n) is 20.5. The van der Waals surface area contributed by atoms with Gasteiger partial charge in [0.05, 0.1) is 29.6 Å². The number of benzene rings is 2. The zero-order chi connectivity index (χ0) is 25.4. The first-order chi connectivity index (χ1) is 18.2. The van der Waals surface area contributed by atoms with Crippen molar-refractivity contribution >= 4 is 43.9 Å². The standard InChI is InChI=1S/C29H26N4O3S.CH4/c1-36-25-24-26(22-12-5-6-13-23(22)33(28(24)34)19-20-9-7-8-14-30-20)37-27(25)29(35)32-17-15-31(16-18-32)21-10-3-2-4-11-21;/h2-14H,15-19H2,1H3;1H4. The number of aromatic nitrogens is 2. The number of rotatable bonds is 5. The van der Waals surface area contributed by atoms with Crippen molar-refractivity contribution in [1.29, 1.82) is 0 Å². The summed E-state index contributed by atoms with van der Waals surface area (Å²) in [5.41, 5.74) is 2.58. The highest BCUT2D eigenvalue weighted by atomic mass is 32.1. The van der Waals surface area contributed by atoms with Crippen LogP contribution in [0.1, 0.15) is 22.8 Å². The van der Waals surface area contributed by atoms with Crippen LogP contribution in [0.15, 0.2) is 83.8 Å². The van der Waals surface area contributed by atoms with E-state index in [1.54, 1.807) is 10.8 Å². The van der Waals surface area contributed by atoms with E-state index >= 15 is 0 Å². The van der Waals surface area contributed by atoms with Crippen molar-refractivity contribution in [3.05, 3.63) is 99.9 Å². The normalized spacial score (nSPS) is 13.5. The third kappa shape index (κ3) is 4.41. The van der Waals surface area contributed by atoms with Gasteiger partial charge in [0.25, 0.3) is 11.5 Å². The van der Waals surface area contributed by atoms with Crippen LogP contribution in [0.25, 0.3) is 21.0 Å². The maximum Gasteiger partial charge on any atom is 0.267 e. The molecule has 38 heavy (non-hydrogen) atoms. The van der Waals surface area contributed by atoms with E-state index in [-0.39, 0.29) is 18.9 Å². The molecule has 194 valence electrons. The summed E-state index contributed by atoms with van der Waals surface area (Å²) in [5.74, 6) is 0.270. The predicted octanol–water partition coefficient (Wildman–Crippen LogP) is 5.27. The lowest BCUT2D eigenvalue weighted by Crippen LogP contribution is -2.48. The molecule has 0 spiro atoms. The Kier molecular flexibility index (Phi) is 7.15. The van der Waals surface area contributed by atoms with Gasteiger partial charge in [0.15, 0.2) is 5.75 Å². The highest BCUT2D eigenvalue weighted by Crippen LogP contribution is 2.40. The molecule has 2 aromatic carbocycles. The van der Waals surface area contributed by atoms with E-state index in [4.69, 9.17) is 4.74 Å². The van der Waals surface area contributed by atoms with Gasteiger partial charge >= 0.3 is 0 Å². The monoisotopic (exact) mass is 526 g/mol. The molecule has 7 nitrogen and oxygen atoms in total. The molecule has 0 aliphatic carbocycles. The van der Waals surface area contributed by atoms with Crippen molar-refractivity contribution < 1.29 is 9.53 Å². The van der Waals surface area contributed by atoms with E-state index in [0.29, 0.717) is 35.6 Å². The number of ether oxygens (including phenoxy) is 1. The van der Waals surface area contributed by atoms with E-state index in [9.17, 15) is 9.59 Å². The summed E-state index contributed by atoms with van der Waals surface area (Å²) in [5, 5.41) is 1.37. The quantitative estimate of drug-likeness (QED) is 0.312. The third-order valence-corrected chi connectivity index (χ3v) is 8.09. The third-order valence-electron chi connectivity index (χ3n) is 6.90. The fraction of sp³-hybridized carbons (Fsp3) is 0.233. The second kappa shape index (κ2) is 10.7.